The first-order chi connectivity index (χ1) is 8.81. The largest absolute Gasteiger partial charge is 0.326 e. The van der Waals surface area contributed by atoms with Gasteiger partial charge in [-0.3, -0.25) is 0 Å². The molecule has 0 N–H and O–H groups in total. The summed E-state index contributed by atoms with van der Waals surface area (Å²) in [7, 11) is 0. The number of anilines is 2. The molecule has 2 rings (SSSR count). The fourth-order valence-corrected chi connectivity index (χ4v) is 1.94. The number of nitrogens with zero attached hydrogens (tertiary/aromatic N) is 2. The van der Waals surface area contributed by atoms with Crippen molar-refractivity contribution in [3.63, 3.8) is 0 Å². The molecule has 2 aromatic rings. The smallest absolute Gasteiger partial charge is 0.133 e. The predicted molar refractivity (Wildman–Crippen MR) is 77.6 cm³/mol. The molecule has 0 atom stereocenters. The number of aromatic nitrogens is 1. The van der Waals surface area contributed by atoms with Crippen LogP contribution in [-0.2, 0) is 0 Å². The van der Waals surface area contributed by atoms with Crippen molar-refractivity contribution >= 4 is 23.1 Å². The number of halogens is 1. The van der Waals surface area contributed by atoms with Gasteiger partial charge in [0.1, 0.15) is 5.82 Å². The number of hydrogen-bond acceptors (Lipinski definition) is 2. The van der Waals surface area contributed by atoms with E-state index < -0.39 is 0 Å². The van der Waals surface area contributed by atoms with Crippen molar-refractivity contribution in [1.29, 1.82) is 0 Å². The van der Waals surface area contributed by atoms with Crippen LogP contribution in [0.15, 0.2) is 48.7 Å². The molecule has 0 spiro atoms. The Balaban J connectivity index is 2.27. The standard InChI is InChI=1S/C15H17ClN2/c1-2-3-11-18(14-7-5-4-6-8-14)15-10-9-13(16)12-17-15/h4-10,12H,2-3,11H2,1H3. The summed E-state index contributed by atoms with van der Waals surface area (Å²) in [5.41, 5.74) is 1.17. The Hall–Kier alpha value is -1.54. The van der Waals surface area contributed by atoms with Crippen LogP contribution in [0.5, 0.6) is 0 Å². The van der Waals surface area contributed by atoms with E-state index in [-0.39, 0.29) is 0 Å². The fraction of sp³-hybridized carbons (Fsp3) is 0.267. The third-order valence-corrected chi connectivity index (χ3v) is 3.02. The first kappa shape index (κ1) is 12.9. The van der Waals surface area contributed by atoms with Gasteiger partial charge in [0.25, 0.3) is 0 Å². The average Bonchev–Trinajstić information content (AvgIpc) is 2.42. The molecule has 0 fully saturated rings. The third kappa shape index (κ3) is 3.23. The van der Waals surface area contributed by atoms with Crippen LogP contribution in [0.2, 0.25) is 5.02 Å². The zero-order valence-corrected chi connectivity index (χ0v) is 11.3. The minimum Gasteiger partial charge on any atom is -0.326 e. The minimum atomic E-state index is 0.669. The molecule has 94 valence electrons. The van der Waals surface area contributed by atoms with Gasteiger partial charge in [-0.2, -0.15) is 0 Å². The summed E-state index contributed by atoms with van der Waals surface area (Å²) >= 11 is 5.89. The van der Waals surface area contributed by atoms with E-state index in [4.69, 9.17) is 11.6 Å². The molecule has 1 heterocycles. The van der Waals surface area contributed by atoms with Crippen molar-refractivity contribution in [2.75, 3.05) is 11.4 Å². The van der Waals surface area contributed by atoms with E-state index in [9.17, 15) is 0 Å². The number of benzene rings is 1. The Labute approximate surface area is 113 Å². The Morgan fingerprint density at radius 3 is 2.50 bits per heavy atom. The average molecular weight is 261 g/mol. The maximum absolute atomic E-state index is 5.89. The summed E-state index contributed by atoms with van der Waals surface area (Å²) in [4.78, 5) is 6.62. The molecule has 0 aliphatic heterocycles. The lowest BCUT2D eigenvalue weighted by Crippen LogP contribution is -2.19. The molecule has 0 saturated carbocycles. The quantitative estimate of drug-likeness (QED) is 0.776. The summed E-state index contributed by atoms with van der Waals surface area (Å²) < 4.78 is 0. The first-order valence-electron chi connectivity index (χ1n) is 6.25. The van der Waals surface area contributed by atoms with Crippen molar-refractivity contribution in [3.05, 3.63) is 53.7 Å². The summed E-state index contributed by atoms with van der Waals surface area (Å²) in [6.45, 7) is 3.16. The zero-order valence-electron chi connectivity index (χ0n) is 10.5. The Bertz CT molecular complexity index is 468. The second-order valence-electron chi connectivity index (χ2n) is 4.18. The predicted octanol–water partition coefficient (Wildman–Crippen LogP) is 4.67. The Kier molecular flexibility index (Phi) is 4.59. The van der Waals surface area contributed by atoms with Crippen LogP contribution in [0, 0.1) is 0 Å². The van der Waals surface area contributed by atoms with Gasteiger partial charge in [-0.25, -0.2) is 4.98 Å². The molecule has 3 heteroatoms. The lowest BCUT2D eigenvalue weighted by molar-refractivity contribution is 0.779. The third-order valence-electron chi connectivity index (χ3n) is 2.79. The van der Waals surface area contributed by atoms with Crippen LogP contribution >= 0.6 is 11.6 Å². The number of rotatable bonds is 5. The Morgan fingerprint density at radius 1 is 1.11 bits per heavy atom. The van der Waals surface area contributed by atoms with Gasteiger partial charge in [0.2, 0.25) is 0 Å². The van der Waals surface area contributed by atoms with Gasteiger partial charge < -0.3 is 4.90 Å². The molecule has 0 bridgehead atoms. The highest BCUT2D eigenvalue weighted by atomic mass is 35.5. The summed E-state index contributed by atoms with van der Waals surface area (Å²) in [6.07, 6.45) is 3.99. The van der Waals surface area contributed by atoms with E-state index in [2.05, 4.69) is 28.9 Å². The van der Waals surface area contributed by atoms with Gasteiger partial charge >= 0.3 is 0 Å². The van der Waals surface area contributed by atoms with Gasteiger partial charge in [0.05, 0.1) is 5.02 Å². The molecule has 1 aromatic carbocycles. The second-order valence-corrected chi connectivity index (χ2v) is 4.61. The zero-order chi connectivity index (χ0) is 12.8. The number of pyridine rings is 1. The van der Waals surface area contributed by atoms with Gasteiger partial charge in [-0.05, 0) is 30.7 Å². The highest BCUT2D eigenvalue weighted by molar-refractivity contribution is 6.30. The Morgan fingerprint density at radius 2 is 1.89 bits per heavy atom. The van der Waals surface area contributed by atoms with E-state index in [1.807, 2.05) is 30.3 Å². The van der Waals surface area contributed by atoms with Crippen LogP contribution < -0.4 is 4.90 Å². The molecule has 0 radical (unpaired) electrons. The molecule has 0 aliphatic carbocycles. The topological polar surface area (TPSA) is 16.1 Å². The van der Waals surface area contributed by atoms with Gasteiger partial charge in [-0.15, -0.1) is 0 Å². The normalized spacial score (nSPS) is 10.3. The van der Waals surface area contributed by atoms with E-state index in [1.54, 1.807) is 6.20 Å². The van der Waals surface area contributed by atoms with Gasteiger partial charge in [0, 0.05) is 18.4 Å². The highest BCUT2D eigenvalue weighted by Crippen LogP contribution is 2.24. The van der Waals surface area contributed by atoms with Crippen LogP contribution in [0.1, 0.15) is 19.8 Å². The number of para-hydroxylation sites is 1. The van der Waals surface area contributed by atoms with Crippen LogP contribution in [-0.4, -0.2) is 11.5 Å². The van der Waals surface area contributed by atoms with Crippen LogP contribution in [0.3, 0.4) is 0 Å². The van der Waals surface area contributed by atoms with E-state index in [0.29, 0.717) is 5.02 Å². The highest BCUT2D eigenvalue weighted by Gasteiger charge is 2.09. The number of hydrogen-bond donors (Lipinski definition) is 0. The van der Waals surface area contributed by atoms with Crippen LogP contribution in [0.25, 0.3) is 0 Å². The lowest BCUT2D eigenvalue weighted by atomic mass is 10.2. The molecule has 0 unspecified atom stereocenters. The van der Waals surface area contributed by atoms with Gasteiger partial charge in [-0.1, -0.05) is 43.1 Å². The molecule has 0 amide bonds. The monoisotopic (exact) mass is 260 g/mol. The molecule has 0 aliphatic rings. The van der Waals surface area contributed by atoms with E-state index >= 15 is 0 Å². The maximum Gasteiger partial charge on any atom is 0.133 e. The summed E-state index contributed by atoms with van der Waals surface area (Å²) in [5, 5.41) is 0.669. The molecule has 0 saturated heterocycles. The first-order valence-corrected chi connectivity index (χ1v) is 6.63. The van der Waals surface area contributed by atoms with Crippen molar-refractivity contribution in [2.45, 2.75) is 19.8 Å². The van der Waals surface area contributed by atoms with Crippen LogP contribution in [0.4, 0.5) is 11.5 Å². The summed E-state index contributed by atoms with van der Waals surface area (Å²) in [5.74, 6) is 0.944. The molecule has 1 aromatic heterocycles. The van der Waals surface area contributed by atoms with Crippen molar-refractivity contribution in [3.8, 4) is 0 Å². The molecular formula is C15H17ClN2. The number of unbranched alkanes of at least 4 members (excludes halogenated alkanes) is 1. The minimum absolute atomic E-state index is 0.669. The lowest BCUT2D eigenvalue weighted by Gasteiger charge is -2.23. The van der Waals surface area contributed by atoms with Gasteiger partial charge in [0.15, 0.2) is 0 Å². The maximum atomic E-state index is 5.89. The van der Waals surface area contributed by atoms with E-state index in [0.717, 1.165) is 25.2 Å². The second kappa shape index (κ2) is 6.41. The van der Waals surface area contributed by atoms with Crippen molar-refractivity contribution in [2.24, 2.45) is 0 Å². The van der Waals surface area contributed by atoms with Crippen molar-refractivity contribution in [1.82, 2.24) is 4.98 Å². The molecular weight excluding hydrogens is 244 g/mol. The molecule has 18 heavy (non-hydrogen) atoms. The molecule has 2 nitrogen and oxygen atoms in total. The van der Waals surface area contributed by atoms with Crippen molar-refractivity contribution < 1.29 is 0 Å². The fourth-order valence-electron chi connectivity index (χ4n) is 1.83. The van der Waals surface area contributed by atoms with E-state index in [1.165, 1.54) is 5.69 Å². The SMILES string of the molecule is CCCCN(c1ccccc1)c1ccc(Cl)cn1. The summed E-state index contributed by atoms with van der Waals surface area (Å²) in [6, 6.07) is 14.2.